The highest BCUT2D eigenvalue weighted by atomic mass is 32.2. The molecule has 0 aliphatic heterocycles. The van der Waals surface area contributed by atoms with Crippen LogP contribution < -0.4 is 20.5 Å². The maximum absolute atomic E-state index is 5.60. The van der Waals surface area contributed by atoms with Gasteiger partial charge in [-0.05, 0) is 60.7 Å². The Morgan fingerprint density at radius 2 is 2.07 bits per heavy atom. The number of nitrogens with two attached hydrogens (primary N) is 1. The van der Waals surface area contributed by atoms with Crippen molar-refractivity contribution in [2.24, 2.45) is 11.1 Å². The Bertz CT molecular complexity index is 855. The van der Waals surface area contributed by atoms with E-state index in [4.69, 9.17) is 9.88 Å². The molecule has 0 spiro atoms. The third kappa shape index (κ3) is 6.26. The summed E-state index contributed by atoms with van der Waals surface area (Å²) < 4.78 is 5.41. The van der Waals surface area contributed by atoms with Crippen molar-refractivity contribution in [2.75, 3.05) is 30.8 Å². The summed E-state index contributed by atoms with van der Waals surface area (Å²) >= 11 is 1.20. The first-order valence-corrected chi connectivity index (χ1v) is 10.2. The maximum atomic E-state index is 5.60. The predicted octanol–water partition coefficient (Wildman–Crippen LogP) is 4.86. The number of rotatable bonds is 9. The van der Waals surface area contributed by atoms with Crippen LogP contribution in [-0.2, 0) is 6.42 Å². The number of benzene rings is 2. The van der Waals surface area contributed by atoms with Gasteiger partial charge in [-0.3, -0.25) is 5.14 Å². The molecular weight excluding hydrogens is 366 g/mol. The highest BCUT2D eigenvalue weighted by molar-refractivity contribution is 7.97. The van der Waals surface area contributed by atoms with Gasteiger partial charge in [-0.1, -0.05) is 37.0 Å². The van der Waals surface area contributed by atoms with E-state index in [1.54, 1.807) is 7.11 Å². The molecule has 0 amide bonds. The van der Waals surface area contributed by atoms with Crippen LogP contribution in [0, 0.1) is 24.7 Å². The average molecular weight is 396 g/mol. The molecule has 0 aliphatic carbocycles. The molecule has 2 aromatic carbocycles. The molecule has 0 bridgehead atoms. The van der Waals surface area contributed by atoms with Gasteiger partial charge in [0.2, 0.25) is 0 Å². The van der Waals surface area contributed by atoms with E-state index in [2.05, 4.69) is 61.1 Å². The molecule has 2 rings (SSSR count). The first kappa shape index (κ1) is 21.7. The number of anilines is 2. The lowest BCUT2D eigenvalue weighted by molar-refractivity contribution is 0.415. The molecule has 0 heterocycles. The third-order valence-corrected chi connectivity index (χ3v) is 4.91. The van der Waals surface area contributed by atoms with Crippen molar-refractivity contribution in [3.63, 3.8) is 0 Å². The quantitative estimate of drug-likeness (QED) is 0.321. The number of hydrogen-bond donors (Lipinski definition) is 3. The van der Waals surface area contributed by atoms with Gasteiger partial charge in [0.1, 0.15) is 5.75 Å². The minimum absolute atomic E-state index is 0.255. The standard InChI is InChI=1S/C23H29N3OS/c1-5-13-25-21-10-6-9-18(3)20(21)15-17(2)8-7-14-26-22-12-11-19(28-24)16-23(22)27-4/h5-6,9-12,16-17,25-26H,1,13-15,24H2,2-4H3. The van der Waals surface area contributed by atoms with Gasteiger partial charge in [-0.15, -0.1) is 6.58 Å². The van der Waals surface area contributed by atoms with E-state index >= 15 is 0 Å². The second kappa shape index (κ2) is 11.3. The summed E-state index contributed by atoms with van der Waals surface area (Å²) in [6, 6.07) is 12.2. The van der Waals surface area contributed by atoms with Crippen LogP contribution in [0.15, 0.2) is 53.9 Å². The predicted molar refractivity (Wildman–Crippen MR) is 122 cm³/mol. The van der Waals surface area contributed by atoms with Crippen LogP contribution in [0.3, 0.4) is 0 Å². The zero-order valence-electron chi connectivity index (χ0n) is 16.8. The van der Waals surface area contributed by atoms with Gasteiger partial charge in [0.15, 0.2) is 0 Å². The first-order chi connectivity index (χ1) is 13.6. The molecule has 1 unspecified atom stereocenters. The van der Waals surface area contributed by atoms with Crippen molar-refractivity contribution in [1.29, 1.82) is 0 Å². The van der Waals surface area contributed by atoms with Crippen molar-refractivity contribution in [1.82, 2.24) is 0 Å². The van der Waals surface area contributed by atoms with E-state index in [1.165, 1.54) is 23.1 Å². The third-order valence-electron chi connectivity index (χ3n) is 4.38. The van der Waals surface area contributed by atoms with Crippen LogP contribution in [0.2, 0.25) is 0 Å². The van der Waals surface area contributed by atoms with Crippen LogP contribution in [0.1, 0.15) is 18.1 Å². The molecule has 148 valence electrons. The molecule has 5 heteroatoms. The molecule has 1 atom stereocenters. The first-order valence-electron chi connectivity index (χ1n) is 9.29. The lowest BCUT2D eigenvalue weighted by Crippen LogP contribution is -2.07. The van der Waals surface area contributed by atoms with Gasteiger partial charge >= 0.3 is 0 Å². The molecule has 0 aliphatic rings. The van der Waals surface area contributed by atoms with Gasteiger partial charge in [0, 0.05) is 23.0 Å². The van der Waals surface area contributed by atoms with Crippen molar-refractivity contribution in [3.8, 4) is 17.6 Å². The van der Waals surface area contributed by atoms with E-state index in [1.807, 2.05) is 24.3 Å². The van der Waals surface area contributed by atoms with Gasteiger partial charge in [-0.2, -0.15) is 0 Å². The van der Waals surface area contributed by atoms with E-state index in [9.17, 15) is 0 Å². The number of methoxy groups -OCH3 is 1. The summed E-state index contributed by atoms with van der Waals surface area (Å²) in [6.45, 7) is 9.39. The Labute approximate surface area is 173 Å². The highest BCUT2D eigenvalue weighted by Gasteiger charge is 2.08. The molecule has 0 radical (unpaired) electrons. The molecule has 2 aromatic rings. The molecule has 0 fully saturated rings. The molecule has 4 nitrogen and oxygen atoms in total. The second-order valence-electron chi connectivity index (χ2n) is 6.53. The monoisotopic (exact) mass is 395 g/mol. The largest absolute Gasteiger partial charge is 0.495 e. The van der Waals surface area contributed by atoms with E-state index in [0.29, 0.717) is 6.54 Å². The summed E-state index contributed by atoms with van der Waals surface area (Å²) in [5.74, 6) is 7.60. The van der Waals surface area contributed by atoms with Gasteiger partial charge in [0.05, 0.1) is 19.3 Å². The fourth-order valence-electron chi connectivity index (χ4n) is 2.93. The number of ether oxygens (including phenoxy) is 1. The van der Waals surface area contributed by atoms with Crippen molar-refractivity contribution < 1.29 is 4.74 Å². The Morgan fingerprint density at radius 1 is 1.25 bits per heavy atom. The number of hydrogen-bond acceptors (Lipinski definition) is 5. The summed E-state index contributed by atoms with van der Waals surface area (Å²) in [5, 5.41) is 12.3. The van der Waals surface area contributed by atoms with Crippen molar-refractivity contribution in [3.05, 3.63) is 60.2 Å². The summed E-state index contributed by atoms with van der Waals surface area (Å²) in [4.78, 5) is 0.959. The zero-order chi connectivity index (χ0) is 20.4. The fraction of sp³-hybridized carbons (Fsp3) is 0.304. The van der Waals surface area contributed by atoms with E-state index < -0.39 is 0 Å². The van der Waals surface area contributed by atoms with Crippen LogP contribution >= 0.6 is 11.9 Å². The van der Waals surface area contributed by atoms with Gasteiger partial charge in [-0.25, -0.2) is 0 Å². The lowest BCUT2D eigenvalue weighted by Gasteiger charge is -2.15. The minimum Gasteiger partial charge on any atom is -0.495 e. The molecule has 0 aromatic heterocycles. The SMILES string of the molecule is C=CCNc1cccc(C)c1CC(C)C#CCNc1ccc(SN)cc1OC. The summed E-state index contributed by atoms with van der Waals surface area (Å²) in [6.07, 6.45) is 2.78. The average Bonchev–Trinajstić information content (AvgIpc) is 2.71. The van der Waals surface area contributed by atoms with Gasteiger partial charge in [0.25, 0.3) is 0 Å². The lowest BCUT2D eigenvalue weighted by atomic mass is 9.96. The van der Waals surface area contributed by atoms with Crippen molar-refractivity contribution >= 4 is 23.3 Å². The Morgan fingerprint density at radius 3 is 2.79 bits per heavy atom. The molecule has 0 saturated heterocycles. The molecule has 4 N–H and O–H groups in total. The van der Waals surface area contributed by atoms with Crippen LogP contribution in [-0.4, -0.2) is 20.2 Å². The van der Waals surface area contributed by atoms with Gasteiger partial charge < -0.3 is 15.4 Å². The maximum Gasteiger partial charge on any atom is 0.143 e. The summed E-state index contributed by atoms with van der Waals surface area (Å²) in [5.41, 5.74) is 4.67. The Balaban J connectivity index is 1.98. The zero-order valence-corrected chi connectivity index (χ0v) is 17.7. The van der Waals surface area contributed by atoms with Crippen molar-refractivity contribution in [2.45, 2.75) is 25.2 Å². The molecule has 28 heavy (non-hydrogen) atoms. The minimum atomic E-state index is 0.255. The Kier molecular flexibility index (Phi) is 8.80. The number of aryl methyl sites for hydroxylation is 1. The molecule has 0 saturated carbocycles. The normalized spacial score (nSPS) is 11.1. The van der Waals surface area contributed by atoms with Crippen LogP contribution in [0.5, 0.6) is 5.75 Å². The summed E-state index contributed by atoms with van der Waals surface area (Å²) in [7, 11) is 1.65. The topological polar surface area (TPSA) is 59.3 Å². The highest BCUT2D eigenvalue weighted by Crippen LogP contribution is 2.28. The Hall–Kier alpha value is -2.55. The van der Waals surface area contributed by atoms with Crippen LogP contribution in [0.4, 0.5) is 11.4 Å². The smallest absolute Gasteiger partial charge is 0.143 e. The van der Waals surface area contributed by atoms with E-state index in [-0.39, 0.29) is 5.92 Å². The van der Waals surface area contributed by atoms with E-state index in [0.717, 1.165) is 35.0 Å². The second-order valence-corrected chi connectivity index (χ2v) is 7.24. The molecular formula is C23H29N3OS. The van der Waals surface area contributed by atoms with Crippen LogP contribution in [0.25, 0.3) is 0 Å². The fourth-order valence-corrected chi connectivity index (χ4v) is 3.26. The number of nitrogens with one attached hydrogen (secondary N) is 2.